The minimum atomic E-state index is -0.0538. The summed E-state index contributed by atoms with van der Waals surface area (Å²) < 4.78 is 1.21. The average molecular weight is 304 g/mol. The molecule has 112 valence electrons. The predicted molar refractivity (Wildman–Crippen MR) is 87.6 cm³/mol. The first-order valence-corrected chi connectivity index (χ1v) is 7.99. The normalized spacial score (nSPS) is 10.8. The van der Waals surface area contributed by atoms with Crippen molar-refractivity contribution in [3.8, 4) is 0 Å². The van der Waals surface area contributed by atoms with E-state index in [-0.39, 0.29) is 17.9 Å². The summed E-state index contributed by atoms with van der Waals surface area (Å²) in [5, 5.41) is 8.85. The van der Waals surface area contributed by atoms with Gasteiger partial charge < -0.3 is 10.6 Å². The topological polar surface area (TPSA) is 58.2 Å². The maximum atomic E-state index is 11.9. The van der Waals surface area contributed by atoms with Gasteiger partial charge in [0.25, 0.3) is 0 Å². The quantitative estimate of drug-likeness (QED) is 0.857. The molecule has 0 aliphatic carbocycles. The van der Waals surface area contributed by atoms with E-state index in [1.165, 1.54) is 4.70 Å². The summed E-state index contributed by atoms with van der Waals surface area (Å²) in [7, 11) is 0. The molecule has 0 radical (unpaired) electrons. The van der Waals surface area contributed by atoms with Gasteiger partial charge in [0.05, 0.1) is 0 Å². The molecule has 0 bridgehead atoms. The smallest absolute Gasteiger partial charge is 0.224 e. The molecule has 21 heavy (non-hydrogen) atoms. The highest BCUT2D eigenvalue weighted by atomic mass is 32.1. The summed E-state index contributed by atoms with van der Waals surface area (Å²) in [6.45, 7) is 3.84. The van der Waals surface area contributed by atoms with Gasteiger partial charge in [-0.1, -0.05) is 0 Å². The van der Waals surface area contributed by atoms with Crippen molar-refractivity contribution in [3.05, 3.63) is 29.6 Å². The van der Waals surface area contributed by atoms with Crippen molar-refractivity contribution in [2.75, 3.05) is 5.32 Å². The molecular weight excluding hydrogens is 284 g/mol. The number of hydrogen-bond acceptors (Lipinski definition) is 3. The lowest BCUT2D eigenvalue weighted by atomic mass is 10.2. The number of benzene rings is 1. The van der Waals surface area contributed by atoms with E-state index in [0.717, 1.165) is 11.1 Å². The fourth-order valence-electron chi connectivity index (χ4n) is 2.07. The molecule has 0 aliphatic heterocycles. The summed E-state index contributed by atoms with van der Waals surface area (Å²) in [5.41, 5.74) is 0.803. The molecule has 0 unspecified atom stereocenters. The first-order chi connectivity index (χ1) is 10.0. The van der Waals surface area contributed by atoms with Crippen LogP contribution in [0.4, 0.5) is 5.69 Å². The van der Waals surface area contributed by atoms with Crippen molar-refractivity contribution >= 4 is 38.9 Å². The number of thiophene rings is 1. The maximum absolute atomic E-state index is 11.9. The molecule has 2 amide bonds. The molecule has 2 rings (SSSR count). The lowest BCUT2D eigenvalue weighted by molar-refractivity contribution is -0.121. The second-order valence-electron chi connectivity index (χ2n) is 5.30. The van der Waals surface area contributed by atoms with Gasteiger partial charge in [0, 0.05) is 29.3 Å². The highest BCUT2D eigenvalue weighted by molar-refractivity contribution is 7.17. The van der Waals surface area contributed by atoms with Gasteiger partial charge in [0.1, 0.15) is 0 Å². The van der Waals surface area contributed by atoms with Gasteiger partial charge in [-0.2, -0.15) is 0 Å². The number of fused-ring (bicyclic) bond motifs is 1. The molecule has 0 fully saturated rings. The Morgan fingerprint density at radius 2 is 1.90 bits per heavy atom. The SMILES string of the molecule is CC(C)NC(=O)CCCC(=O)Nc1ccc2sccc2c1. The highest BCUT2D eigenvalue weighted by Crippen LogP contribution is 2.24. The number of carbonyl (C=O) groups is 2. The van der Waals surface area contributed by atoms with Gasteiger partial charge in [0.2, 0.25) is 11.8 Å². The van der Waals surface area contributed by atoms with Crippen LogP contribution in [0.15, 0.2) is 29.6 Å². The average Bonchev–Trinajstić information content (AvgIpc) is 2.85. The summed E-state index contributed by atoms with van der Waals surface area (Å²) in [4.78, 5) is 23.3. The molecule has 4 nitrogen and oxygen atoms in total. The summed E-state index contributed by atoms with van der Waals surface area (Å²) in [5.74, 6) is -0.0561. The van der Waals surface area contributed by atoms with E-state index in [1.54, 1.807) is 11.3 Å². The van der Waals surface area contributed by atoms with E-state index in [9.17, 15) is 9.59 Å². The molecule has 5 heteroatoms. The molecule has 1 aromatic carbocycles. The van der Waals surface area contributed by atoms with E-state index in [1.807, 2.05) is 43.5 Å². The van der Waals surface area contributed by atoms with Crippen LogP contribution in [0.2, 0.25) is 0 Å². The predicted octanol–water partition coefficient (Wildman–Crippen LogP) is 3.53. The van der Waals surface area contributed by atoms with Gasteiger partial charge in [-0.3, -0.25) is 9.59 Å². The molecule has 0 saturated heterocycles. The summed E-state index contributed by atoms with van der Waals surface area (Å²) in [6, 6.07) is 8.05. The number of rotatable bonds is 6. The van der Waals surface area contributed by atoms with Crippen molar-refractivity contribution in [3.63, 3.8) is 0 Å². The van der Waals surface area contributed by atoms with Crippen molar-refractivity contribution in [2.24, 2.45) is 0 Å². The van der Waals surface area contributed by atoms with Crippen LogP contribution in [0.5, 0.6) is 0 Å². The Morgan fingerprint density at radius 1 is 1.14 bits per heavy atom. The lowest BCUT2D eigenvalue weighted by Gasteiger charge is -2.08. The number of carbonyl (C=O) groups excluding carboxylic acids is 2. The van der Waals surface area contributed by atoms with Crippen LogP contribution in [0.3, 0.4) is 0 Å². The molecular formula is C16H20N2O2S. The number of anilines is 1. The zero-order valence-corrected chi connectivity index (χ0v) is 13.1. The van der Waals surface area contributed by atoms with Crippen molar-refractivity contribution in [2.45, 2.75) is 39.2 Å². The molecule has 1 aromatic heterocycles. The van der Waals surface area contributed by atoms with Gasteiger partial charge in [-0.15, -0.1) is 11.3 Å². The minimum absolute atomic E-state index is 0.00232. The third-order valence-electron chi connectivity index (χ3n) is 2.99. The van der Waals surface area contributed by atoms with Crippen LogP contribution in [0.25, 0.3) is 10.1 Å². The monoisotopic (exact) mass is 304 g/mol. The van der Waals surface area contributed by atoms with Crippen molar-refractivity contribution in [1.82, 2.24) is 5.32 Å². The third-order valence-corrected chi connectivity index (χ3v) is 3.89. The zero-order valence-electron chi connectivity index (χ0n) is 12.3. The molecule has 0 saturated carbocycles. The van der Waals surface area contributed by atoms with E-state index >= 15 is 0 Å². The number of amides is 2. The van der Waals surface area contributed by atoms with E-state index in [4.69, 9.17) is 0 Å². The van der Waals surface area contributed by atoms with Crippen LogP contribution in [-0.2, 0) is 9.59 Å². The van der Waals surface area contributed by atoms with Gasteiger partial charge in [-0.05, 0) is 55.3 Å². The Kier molecular flexibility index (Phi) is 5.33. The van der Waals surface area contributed by atoms with Crippen molar-refractivity contribution < 1.29 is 9.59 Å². The van der Waals surface area contributed by atoms with Gasteiger partial charge >= 0.3 is 0 Å². The zero-order chi connectivity index (χ0) is 15.2. The van der Waals surface area contributed by atoms with E-state index < -0.39 is 0 Å². The molecule has 1 heterocycles. The van der Waals surface area contributed by atoms with Gasteiger partial charge in [0.15, 0.2) is 0 Å². The highest BCUT2D eigenvalue weighted by Gasteiger charge is 2.07. The molecule has 0 aliphatic rings. The van der Waals surface area contributed by atoms with Gasteiger partial charge in [-0.25, -0.2) is 0 Å². The van der Waals surface area contributed by atoms with Crippen LogP contribution in [0.1, 0.15) is 33.1 Å². The second-order valence-corrected chi connectivity index (χ2v) is 6.24. The summed E-state index contributed by atoms with van der Waals surface area (Å²) in [6.07, 6.45) is 1.30. The lowest BCUT2D eigenvalue weighted by Crippen LogP contribution is -2.29. The van der Waals surface area contributed by atoms with Crippen molar-refractivity contribution in [1.29, 1.82) is 0 Å². The molecule has 0 spiro atoms. The fourth-order valence-corrected chi connectivity index (χ4v) is 2.84. The standard InChI is InChI=1S/C16H20N2O2S/c1-11(2)17-15(19)4-3-5-16(20)18-13-6-7-14-12(10-13)8-9-21-14/h6-11H,3-5H2,1-2H3,(H,17,19)(H,18,20). The van der Waals surface area contributed by atoms with E-state index in [0.29, 0.717) is 19.3 Å². The second kappa shape index (κ2) is 7.22. The third kappa shape index (κ3) is 4.86. The van der Waals surface area contributed by atoms with Crippen LogP contribution in [0, 0.1) is 0 Å². The first kappa shape index (κ1) is 15.5. The fraction of sp³-hybridized carbons (Fsp3) is 0.375. The molecule has 2 N–H and O–H groups in total. The minimum Gasteiger partial charge on any atom is -0.354 e. The Bertz CT molecular complexity index is 634. The van der Waals surface area contributed by atoms with Crippen LogP contribution < -0.4 is 10.6 Å². The molecule has 0 atom stereocenters. The largest absolute Gasteiger partial charge is 0.354 e. The van der Waals surface area contributed by atoms with Crippen LogP contribution >= 0.6 is 11.3 Å². The number of hydrogen-bond donors (Lipinski definition) is 2. The maximum Gasteiger partial charge on any atom is 0.224 e. The first-order valence-electron chi connectivity index (χ1n) is 7.11. The Labute approximate surface area is 128 Å². The molecule has 2 aromatic rings. The Morgan fingerprint density at radius 3 is 2.67 bits per heavy atom. The van der Waals surface area contributed by atoms with Crippen LogP contribution in [-0.4, -0.2) is 17.9 Å². The Hall–Kier alpha value is -1.88. The number of nitrogens with one attached hydrogen (secondary N) is 2. The van der Waals surface area contributed by atoms with E-state index in [2.05, 4.69) is 10.6 Å². The Balaban J connectivity index is 1.77. The summed E-state index contributed by atoms with van der Waals surface area (Å²) >= 11 is 1.68.